The zero-order chi connectivity index (χ0) is 14.7. The molecular formula is C14H19FN4O. The smallest absolute Gasteiger partial charge is 0.317 e. The molecule has 0 unspecified atom stereocenters. The van der Waals surface area contributed by atoms with Gasteiger partial charge < -0.3 is 14.8 Å². The van der Waals surface area contributed by atoms with Crippen molar-refractivity contribution < 1.29 is 9.18 Å². The molecule has 6 heteroatoms. The molecule has 1 heterocycles. The number of nitrogens with one attached hydrogen (secondary N) is 1. The average molecular weight is 278 g/mol. The van der Waals surface area contributed by atoms with Gasteiger partial charge in [-0.1, -0.05) is 0 Å². The molecule has 0 aliphatic carbocycles. The third-order valence-electron chi connectivity index (χ3n) is 3.38. The number of hydrogen-bond donors (Lipinski definition) is 1. The van der Waals surface area contributed by atoms with Gasteiger partial charge in [0.15, 0.2) is 0 Å². The number of nitrogens with zero attached hydrogens (tertiary/aromatic N) is 3. The molecule has 0 bridgehead atoms. The first-order chi connectivity index (χ1) is 9.56. The maximum atomic E-state index is 13.2. The van der Waals surface area contributed by atoms with Crippen molar-refractivity contribution in [3.63, 3.8) is 0 Å². The fourth-order valence-corrected chi connectivity index (χ4v) is 2.15. The second-order valence-corrected chi connectivity index (χ2v) is 4.55. The van der Waals surface area contributed by atoms with Gasteiger partial charge in [-0.3, -0.25) is 0 Å². The molecule has 1 aromatic heterocycles. The summed E-state index contributed by atoms with van der Waals surface area (Å²) < 4.78 is 15.0. The minimum Gasteiger partial charge on any atom is -0.331 e. The first-order valence-corrected chi connectivity index (χ1v) is 6.70. The monoisotopic (exact) mass is 278 g/mol. The van der Waals surface area contributed by atoms with Crippen molar-refractivity contribution in [2.75, 3.05) is 13.1 Å². The van der Waals surface area contributed by atoms with Gasteiger partial charge >= 0.3 is 6.03 Å². The van der Waals surface area contributed by atoms with Gasteiger partial charge in [-0.2, -0.15) is 0 Å². The van der Waals surface area contributed by atoms with Crippen LogP contribution in [0.1, 0.15) is 19.7 Å². The molecule has 0 aliphatic heterocycles. The highest BCUT2D eigenvalue weighted by atomic mass is 19.1. The summed E-state index contributed by atoms with van der Waals surface area (Å²) in [5.74, 6) is 0.408. The zero-order valence-corrected chi connectivity index (χ0v) is 12.0. The van der Waals surface area contributed by atoms with Gasteiger partial charge in [-0.05, 0) is 32.0 Å². The van der Waals surface area contributed by atoms with E-state index in [0.717, 1.165) is 11.0 Å². The summed E-state index contributed by atoms with van der Waals surface area (Å²) in [6.07, 6.45) is 0. The highest BCUT2D eigenvalue weighted by Gasteiger charge is 2.12. The molecule has 0 atom stereocenters. The number of halogens is 1. The molecule has 0 saturated heterocycles. The number of fused-ring (bicyclic) bond motifs is 1. The summed E-state index contributed by atoms with van der Waals surface area (Å²) >= 11 is 0. The Bertz CT molecular complexity index is 619. The normalized spacial score (nSPS) is 10.8. The topological polar surface area (TPSA) is 50.2 Å². The Morgan fingerprint density at radius 2 is 2.10 bits per heavy atom. The Kier molecular flexibility index (Phi) is 4.22. The number of urea groups is 1. The largest absolute Gasteiger partial charge is 0.331 e. The van der Waals surface area contributed by atoms with Crippen LogP contribution in [0.3, 0.4) is 0 Å². The molecular weight excluding hydrogens is 259 g/mol. The number of aromatic nitrogens is 2. The van der Waals surface area contributed by atoms with Gasteiger partial charge in [0.05, 0.1) is 17.6 Å². The number of benzene rings is 1. The predicted molar refractivity (Wildman–Crippen MR) is 75.8 cm³/mol. The van der Waals surface area contributed by atoms with E-state index in [1.54, 1.807) is 15.5 Å². The van der Waals surface area contributed by atoms with Gasteiger partial charge in [-0.15, -0.1) is 0 Å². The van der Waals surface area contributed by atoms with Gasteiger partial charge in [-0.25, -0.2) is 14.2 Å². The second kappa shape index (κ2) is 5.90. The molecule has 5 nitrogen and oxygen atoms in total. The maximum absolute atomic E-state index is 13.2. The van der Waals surface area contributed by atoms with Crippen LogP contribution in [-0.4, -0.2) is 33.6 Å². The number of hydrogen-bond acceptors (Lipinski definition) is 2. The van der Waals surface area contributed by atoms with Crippen LogP contribution in [0.5, 0.6) is 0 Å². The first-order valence-electron chi connectivity index (χ1n) is 6.70. The number of aryl methyl sites for hydroxylation is 1. The Hall–Kier alpha value is -2.11. The number of amides is 2. The SMILES string of the molecule is CCN(CC)C(=O)NCc1nc2ccc(F)cc2n1C. The fourth-order valence-electron chi connectivity index (χ4n) is 2.15. The van der Waals surface area contributed by atoms with E-state index in [9.17, 15) is 9.18 Å². The lowest BCUT2D eigenvalue weighted by Gasteiger charge is -2.18. The lowest BCUT2D eigenvalue weighted by atomic mass is 10.3. The van der Waals surface area contributed by atoms with Crippen LogP contribution >= 0.6 is 0 Å². The van der Waals surface area contributed by atoms with Crippen molar-refractivity contribution in [2.24, 2.45) is 7.05 Å². The third kappa shape index (κ3) is 2.74. The van der Waals surface area contributed by atoms with Crippen molar-refractivity contribution >= 4 is 17.1 Å². The Morgan fingerprint density at radius 1 is 1.40 bits per heavy atom. The molecule has 108 valence electrons. The number of rotatable bonds is 4. The number of carbonyl (C=O) groups excluding carboxylic acids is 1. The maximum Gasteiger partial charge on any atom is 0.317 e. The Labute approximate surface area is 117 Å². The Balaban J connectivity index is 2.14. The lowest BCUT2D eigenvalue weighted by molar-refractivity contribution is 0.202. The van der Waals surface area contributed by atoms with E-state index in [1.807, 2.05) is 20.9 Å². The van der Waals surface area contributed by atoms with Crippen LogP contribution in [0.15, 0.2) is 18.2 Å². The Morgan fingerprint density at radius 3 is 2.75 bits per heavy atom. The van der Waals surface area contributed by atoms with Crippen molar-refractivity contribution in [2.45, 2.75) is 20.4 Å². The van der Waals surface area contributed by atoms with Gasteiger partial charge in [0.2, 0.25) is 0 Å². The second-order valence-electron chi connectivity index (χ2n) is 4.55. The lowest BCUT2D eigenvalue weighted by Crippen LogP contribution is -2.39. The highest BCUT2D eigenvalue weighted by Crippen LogP contribution is 2.16. The van der Waals surface area contributed by atoms with E-state index in [-0.39, 0.29) is 11.8 Å². The molecule has 0 fully saturated rings. The van der Waals surface area contributed by atoms with Crippen LogP contribution in [0.25, 0.3) is 11.0 Å². The summed E-state index contributed by atoms with van der Waals surface area (Å²) in [6.45, 7) is 5.51. The van der Waals surface area contributed by atoms with Crippen LogP contribution in [0.2, 0.25) is 0 Å². The van der Waals surface area contributed by atoms with Crippen LogP contribution in [0.4, 0.5) is 9.18 Å². The van der Waals surface area contributed by atoms with Gasteiger partial charge in [0.1, 0.15) is 11.6 Å². The number of carbonyl (C=O) groups is 1. The average Bonchev–Trinajstić information content (AvgIpc) is 2.74. The zero-order valence-electron chi connectivity index (χ0n) is 12.0. The van der Waals surface area contributed by atoms with Crippen molar-refractivity contribution in [1.29, 1.82) is 0 Å². The minimum absolute atomic E-state index is 0.117. The molecule has 1 N–H and O–H groups in total. The van der Waals surface area contributed by atoms with Crippen LogP contribution in [0, 0.1) is 5.82 Å². The highest BCUT2D eigenvalue weighted by molar-refractivity contribution is 5.76. The molecule has 1 aromatic carbocycles. The number of imidazole rings is 1. The molecule has 0 aliphatic rings. The standard InChI is InChI=1S/C14H19FN4O/c1-4-19(5-2)14(20)16-9-13-17-11-7-6-10(15)8-12(11)18(13)3/h6-8H,4-5,9H2,1-3H3,(H,16,20). The predicted octanol–water partition coefficient (Wildman–Crippen LogP) is 2.26. The molecule has 20 heavy (non-hydrogen) atoms. The molecule has 2 rings (SSSR count). The van der Waals surface area contributed by atoms with Crippen LogP contribution in [-0.2, 0) is 13.6 Å². The summed E-state index contributed by atoms with van der Waals surface area (Å²) in [4.78, 5) is 18.0. The first kappa shape index (κ1) is 14.3. The molecule has 2 aromatic rings. The van der Waals surface area contributed by atoms with Crippen LogP contribution < -0.4 is 5.32 Å². The molecule has 0 radical (unpaired) electrons. The quantitative estimate of drug-likeness (QED) is 0.932. The van der Waals surface area contributed by atoms with E-state index < -0.39 is 0 Å². The summed E-state index contributed by atoms with van der Waals surface area (Å²) in [5.41, 5.74) is 1.44. The molecule has 0 spiro atoms. The van der Waals surface area contributed by atoms with Crippen molar-refractivity contribution in [1.82, 2.24) is 19.8 Å². The molecule has 0 saturated carbocycles. The van der Waals surface area contributed by atoms with Crippen molar-refractivity contribution in [3.05, 3.63) is 29.8 Å². The van der Waals surface area contributed by atoms with E-state index in [1.165, 1.54) is 12.1 Å². The van der Waals surface area contributed by atoms with E-state index in [4.69, 9.17) is 0 Å². The van der Waals surface area contributed by atoms with E-state index in [0.29, 0.717) is 25.5 Å². The summed E-state index contributed by atoms with van der Waals surface area (Å²) in [6, 6.07) is 4.35. The van der Waals surface area contributed by atoms with Gasteiger partial charge in [0.25, 0.3) is 0 Å². The van der Waals surface area contributed by atoms with Crippen molar-refractivity contribution in [3.8, 4) is 0 Å². The molecule has 2 amide bonds. The third-order valence-corrected chi connectivity index (χ3v) is 3.38. The van der Waals surface area contributed by atoms with E-state index in [2.05, 4.69) is 10.3 Å². The fraction of sp³-hybridized carbons (Fsp3) is 0.429. The van der Waals surface area contributed by atoms with Gasteiger partial charge in [0, 0.05) is 20.1 Å². The minimum atomic E-state index is -0.292. The van der Waals surface area contributed by atoms with E-state index >= 15 is 0 Å². The summed E-state index contributed by atoms with van der Waals surface area (Å²) in [5, 5.41) is 2.83. The summed E-state index contributed by atoms with van der Waals surface area (Å²) in [7, 11) is 1.81.